The molecule has 0 spiro atoms. The number of hydrogen-bond acceptors (Lipinski definition) is 2. The number of methoxy groups -OCH3 is 1. The second kappa shape index (κ2) is 6.31. The van der Waals surface area contributed by atoms with Gasteiger partial charge >= 0.3 is 0 Å². The quantitative estimate of drug-likeness (QED) is 0.861. The molecule has 1 N–H and O–H groups in total. The summed E-state index contributed by atoms with van der Waals surface area (Å²) in [5.74, 6) is 1.50. The molecule has 0 amide bonds. The van der Waals surface area contributed by atoms with Crippen LogP contribution in [-0.2, 0) is 6.42 Å². The zero-order chi connectivity index (χ0) is 14.7. The van der Waals surface area contributed by atoms with Gasteiger partial charge in [-0.05, 0) is 48.2 Å². The predicted octanol–water partition coefficient (Wildman–Crippen LogP) is 4.08. The van der Waals surface area contributed by atoms with Crippen molar-refractivity contribution in [1.29, 1.82) is 0 Å². The van der Waals surface area contributed by atoms with Gasteiger partial charge in [0, 0.05) is 12.0 Å². The lowest BCUT2D eigenvalue weighted by molar-refractivity contribution is 0.399. The minimum absolute atomic E-state index is 0.370. The molecule has 0 bridgehead atoms. The summed E-state index contributed by atoms with van der Waals surface area (Å²) in [4.78, 5) is 0. The zero-order valence-corrected chi connectivity index (χ0v) is 12.8. The van der Waals surface area contributed by atoms with E-state index in [2.05, 4.69) is 54.7 Å². The minimum atomic E-state index is 0.370. The third kappa shape index (κ3) is 2.81. The Hall–Kier alpha value is -1.80. The molecule has 110 valence electrons. The molecule has 0 radical (unpaired) electrons. The number of ether oxygens (including phenoxy) is 1. The number of rotatable bonds is 6. The van der Waals surface area contributed by atoms with E-state index < -0.39 is 0 Å². The molecule has 2 nitrogen and oxygen atoms in total. The highest BCUT2D eigenvalue weighted by atomic mass is 16.5. The van der Waals surface area contributed by atoms with Crippen LogP contribution >= 0.6 is 0 Å². The fourth-order valence-electron chi connectivity index (χ4n) is 3.22. The highest BCUT2D eigenvalue weighted by molar-refractivity contribution is 5.44. The summed E-state index contributed by atoms with van der Waals surface area (Å²) in [5.41, 5.74) is 4.31. The minimum Gasteiger partial charge on any atom is -0.497 e. The highest BCUT2D eigenvalue weighted by Crippen LogP contribution is 2.43. The van der Waals surface area contributed by atoms with Gasteiger partial charge in [0.2, 0.25) is 0 Å². The van der Waals surface area contributed by atoms with Gasteiger partial charge < -0.3 is 10.1 Å². The van der Waals surface area contributed by atoms with E-state index in [-0.39, 0.29) is 0 Å². The molecule has 2 aromatic carbocycles. The lowest BCUT2D eigenvalue weighted by Crippen LogP contribution is -2.33. The van der Waals surface area contributed by atoms with Crippen LogP contribution < -0.4 is 10.1 Å². The molecular formula is C19H23NO. The van der Waals surface area contributed by atoms with Crippen LogP contribution in [0.15, 0.2) is 48.5 Å². The first-order chi connectivity index (χ1) is 10.3. The Morgan fingerprint density at radius 1 is 1.19 bits per heavy atom. The molecule has 3 rings (SSSR count). The Morgan fingerprint density at radius 3 is 2.81 bits per heavy atom. The first-order valence-corrected chi connectivity index (χ1v) is 7.78. The van der Waals surface area contributed by atoms with Gasteiger partial charge in [-0.2, -0.15) is 0 Å². The van der Waals surface area contributed by atoms with Crippen molar-refractivity contribution in [2.45, 2.75) is 31.7 Å². The van der Waals surface area contributed by atoms with Crippen LogP contribution in [0, 0.1) is 0 Å². The standard InChI is InChI=1S/C19H23NO/c1-3-11-20-19(15-8-6-9-16(12-15)21-2)18-13-14-7-4-5-10-17(14)18/h4-10,12,18-20H,3,11,13H2,1-2H3. The second-order valence-corrected chi connectivity index (χ2v) is 5.72. The van der Waals surface area contributed by atoms with E-state index in [0.29, 0.717) is 12.0 Å². The lowest BCUT2D eigenvalue weighted by Gasteiger charge is -2.37. The summed E-state index contributed by atoms with van der Waals surface area (Å²) in [6.07, 6.45) is 2.31. The Balaban J connectivity index is 1.88. The van der Waals surface area contributed by atoms with E-state index >= 15 is 0 Å². The van der Waals surface area contributed by atoms with E-state index in [4.69, 9.17) is 4.74 Å². The molecule has 2 heteroatoms. The summed E-state index contributed by atoms with van der Waals surface area (Å²) in [7, 11) is 1.73. The molecule has 0 saturated heterocycles. The molecule has 2 unspecified atom stereocenters. The molecule has 2 atom stereocenters. The highest BCUT2D eigenvalue weighted by Gasteiger charge is 2.33. The molecule has 1 aliphatic carbocycles. The van der Waals surface area contributed by atoms with Crippen molar-refractivity contribution < 1.29 is 4.74 Å². The van der Waals surface area contributed by atoms with Crippen LogP contribution in [0.4, 0.5) is 0 Å². The third-order valence-corrected chi connectivity index (χ3v) is 4.36. The van der Waals surface area contributed by atoms with Gasteiger partial charge in [-0.1, -0.05) is 43.3 Å². The van der Waals surface area contributed by atoms with Gasteiger partial charge in [0.05, 0.1) is 7.11 Å². The van der Waals surface area contributed by atoms with E-state index in [0.717, 1.165) is 25.1 Å². The SMILES string of the molecule is CCCNC(c1cccc(OC)c1)C1Cc2ccccc21. The first kappa shape index (κ1) is 14.2. The maximum atomic E-state index is 5.38. The maximum Gasteiger partial charge on any atom is 0.119 e. The van der Waals surface area contributed by atoms with E-state index in [1.165, 1.54) is 16.7 Å². The van der Waals surface area contributed by atoms with Crippen molar-refractivity contribution in [1.82, 2.24) is 5.32 Å². The van der Waals surface area contributed by atoms with Crippen LogP contribution in [0.25, 0.3) is 0 Å². The molecule has 0 aromatic heterocycles. The van der Waals surface area contributed by atoms with Crippen LogP contribution in [0.2, 0.25) is 0 Å². The van der Waals surface area contributed by atoms with Crippen molar-refractivity contribution in [3.63, 3.8) is 0 Å². The maximum absolute atomic E-state index is 5.38. The second-order valence-electron chi connectivity index (χ2n) is 5.72. The fraction of sp³-hybridized carbons (Fsp3) is 0.368. The number of nitrogens with one attached hydrogen (secondary N) is 1. The Bertz CT molecular complexity index is 608. The van der Waals surface area contributed by atoms with Crippen molar-refractivity contribution in [2.75, 3.05) is 13.7 Å². The van der Waals surface area contributed by atoms with Gasteiger partial charge in [0.25, 0.3) is 0 Å². The largest absolute Gasteiger partial charge is 0.497 e. The Kier molecular flexibility index (Phi) is 4.26. The van der Waals surface area contributed by atoms with Crippen molar-refractivity contribution in [2.24, 2.45) is 0 Å². The summed E-state index contributed by atoms with van der Waals surface area (Å²) in [6.45, 7) is 3.25. The molecule has 0 fully saturated rings. The van der Waals surface area contributed by atoms with E-state index in [1.807, 2.05) is 6.07 Å². The number of fused-ring (bicyclic) bond motifs is 1. The van der Waals surface area contributed by atoms with Crippen LogP contribution in [0.3, 0.4) is 0 Å². The molecule has 0 saturated carbocycles. The van der Waals surface area contributed by atoms with Crippen LogP contribution in [0.5, 0.6) is 5.75 Å². The zero-order valence-electron chi connectivity index (χ0n) is 12.8. The van der Waals surface area contributed by atoms with Gasteiger partial charge in [0.15, 0.2) is 0 Å². The summed E-state index contributed by atoms with van der Waals surface area (Å²) in [6, 6.07) is 17.6. The summed E-state index contributed by atoms with van der Waals surface area (Å²) in [5, 5.41) is 3.72. The monoisotopic (exact) mass is 281 g/mol. The van der Waals surface area contributed by atoms with E-state index in [9.17, 15) is 0 Å². The Labute approximate surface area is 127 Å². The van der Waals surface area contributed by atoms with Crippen LogP contribution in [0.1, 0.15) is 42.0 Å². The summed E-state index contributed by atoms with van der Waals surface area (Å²) < 4.78 is 5.38. The van der Waals surface area contributed by atoms with Crippen molar-refractivity contribution in [3.8, 4) is 5.75 Å². The topological polar surface area (TPSA) is 21.3 Å². The molecule has 21 heavy (non-hydrogen) atoms. The number of hydrogen-bond donors (Lipinski definition) is 1. The predicted molar refractivity (Wildman–Crippen MR) is 86.9 cm³/mol. The van der Waals surface area contributed by atoms with E-state index in [1.54, 1.807) is 7.11 Å². The Morgan fingerprint density at radius 2 is 2.05 bits per heavy atom. The lowest BCUT2D eigenvalue weighted by atomic mass is 9.71. The third-order valence-electron chi connectivity index (χ3n) is 4.36. The molecule has 1 aliphatic rings. The average Bonchev–Trinajstić information content (AvgIpc) is 2.51. The normalized spacial score (nSPS) is 17.7. The summed E-state index contributed by atoms with van der Waals surface area (Å²) >= 11 is 0. The molecule has 2 aromatic rings. The molecular weight excluding hydrogens is 258 g/mol. The van der Waals surface area contributed by atoms with Crippen molar-refractivity contribution >= 4 is 0 Å². The fourth-order valence-corrected chi connectivity index (χ4v) is 3.22. The van der Waals surface area contributed by atoms with Crippen LogP contribution in [-0.4, -0.2) is 13.7 Å². The molecule has 0 aliphatic heterocycles. The van der Waals surface area contributed by atoms with Crippen molar-refractivity contribution in [3.05, 3.63) is 65.2 Å². The number of benzene rings is 2. The van der Waals surface area contributed by atoms with Gasteiger partial charge in [-0.15, -0.1) is 0 Å². The molecule has 0 heterocycles. The van der Waals surface area contributed by atoms with Gasteiger partial charge in [-0.25, -0.2) is 0 Å². The first-order valence-electron chi connectivity index (χ1n) is 7.78. The van der Waals surface area contributed by atoms with Gasteiger partial charge in [-0.3, -0.25) is 0 Å². The smallest absolute Gasteiger partial charge is 0.119 e. The average molecular weight is 281 g/mol. The van der Waals surface area contributed by atoms with Gasteiger partial charge in [0.1, 0.15) is 5.75 Å².